The number of nitrogens with zero attached hydrogens (tertiary/aromatic N) is 2. The molecule has 0 aliphatic heterocycles. The maximum Gasteiger partial charge on any atom is 0.235 e. The minimum Gasteiger partial charge on any atom is -0.476 e. The molecule has 1 amide bonds. The summed E-state index contributed by atoms with van der Waals surface area (Å²) in [6.45, 7) is 4.54. The summed E-state index contributed by atoms with van der Waals surface area (Å²) in [5, 5.41) is 2.43. The Morgan fingerprint density at radius 1 is 1.60 bits per heavy atom. The zero-order valence-electron chi connectivity index (χ0n) is 8.99. The first-order chi connectivity index (χ1) is 7.27. The monoisotopic (exact) mass is 209 g/mol. The number of carbonyl (C=O) groups is 1. The fraction of sp³-hybridized carbons (Fsp3) is 0.500. The Bertz CT molecular complexity index is 328. The van der Waals surface area contributed by atoms with Crippen LogP contribution in [0.2, 0.25) is 0 Å². The number of amides is 1. The third-order valence-electron chi connectivity index (χ3n) is 1.85. The second kappa shape index (κ2) is 5.95. The predicted molar refractivity (Wildman–Crippen MR) is 56.9 cm³/mol. The zero-order valence-corrected chi connectivity index (χ0v) is 8.99. The predicted octanol–water partition coefficient (Wildman–Crippen LogP) is 1.53. The van der Waals surface area contributed by atoms with Gasteiger partial charge in [-0.15, -0.1) is 0 Å². The normalized spacial score (nSPS) is 9.73. The average Bonchev–Trinajstić information content (AvgIpc) is 2.22. The molecule has 1 heterocycles. The van der Waals surface area contributed by atoms with E-state index in [1.807, 2.05) is 0 Å². The van der Waals surface area contributed by atoms with Gasteiger partial charge in [-0.05, 0) is 13.3 Å². The summed E-state index contributed by atoms with van der Waals surface area (Å²) >= 11 is 0. The van der Waals surface area contributed by atoms with E-state index in [1.54, 1.807) is 6.92 Å². The van der Waals surface area contributed by atoms with E-state index in [2.05, 4.69) is 22.2 Å². The van der Waals surface area contributed by atoms with Gasteiger partial charge in [0, 0.05) is 0 Å². The SMILES string of the molecule is CCCCOc1ncc(NC=O)nc1C. The Hall–Kier alpha value is -1.65. The van der Waals surface area contributed by atoms with Gasteiger partial charge in [0.15, 0.2) is 5.82 Å². The topological polar surface area (TPSA) is 64.1 Å². The van der Waals surface area contributed by atoms with E-state index >= 15 is 0 Å². The fourth-order valence-electron chi connectivity index (χ4n) is 1.06. The lowest BCUT2D eigenvalue weighted by Gasteiger charge is -2.07. The third-order valence-corrected chi connectivity index (χ3v) is 1.85. The van der Waals surface area contributed by atoms with E-state index in [0.717, 1.165) is 12.8 Å². The standard InChI is InChI=1S/C10H15N3O2/c1-3-4-5-15-10-8(2)13-9(6-11-10)12-7-14/h6-7H,3-5H2,1-2H3,(H,12,13,14). The number of rotatable bonds is 6. The molecule has 0 aliphatic carbocycles. The van der Waals surface area contributed by atoms with Gasteiger partial charge in [0.1, 0.15) is 5.69 Å². The molecule has 0 saturated carbocycles. The molecule has 1 N–H and O–H groups in total. The molecule has 0 spiro atoms. The number of carbonyl (C=O) groups excluding carboxylic acids is 1. The molecule has 1 aromatic rings. The van der Waals surface area contributed by atoms with E-state index < -0.39 is 0 Å². The van der Waals surface area contributed by atoms with Crippen molar-refractivity contribution in [2.45, 2.75) is 26.7 Å². The van der Waals surface area contributed by atoms with Crippen LogP contribution in [0.15, 0.2) is 6.20 Å². The van der Waals surface area contributed by atoms with Crippen LogP contribution >= 0.6 is 0 Å². The van der Waals surface area contributed by atoms with Gasteiger partial charge in [0.2, 0.25) is 12.3 Å². The molecule has 15 heavy (non-hydrogen) atoms. The van der Waals surface area contributed by atoms with E-state index in [0.29, 0.717) is 30.4 Å². The molecular weight excluding hydrogens is 194 g/mol. The van der Waals surface area contributed by atoms with Crippen LogP contribution in [0.1, 0.15) is 25.5 Å². The average molecular weight is 209 g/mol. The highest BCUT2D eigenvalue weighted by molar-refractivity contribution is 5.68. The molecule has 0 aromatic carbocycles. The number of anilines is 1. The lowest BCUT2D eigenvalue weighted by molar-refractivity contribution is -0.105. The first-order valence-electron chi connectivity index (χ1n) is 4.94. The van der Waals surface area contributed by atoms with Crippen molar-refractivity contribution in [3.05, 3.63) is 11.9 Å². The number of ether oxygens (including phenoxy) is 1. The maximum absolute atomic E-state index is 10.2. The van der Waals surface area contributed by atoms with Crippen LogP contribution in [0.3, 0.4) is 0 Å². The molecule has 0 atom stereocenters. The molecule has 0 saturated heterocycles. The van der Waals surface area contributed by atoms with Gasteiger partial charge in [0.05, 0.1) is 12.8 Å². The summed E-state index contributed by atoms with van der Waals surface area (Å²) in [4.78, 5) is 18.3. The number of aryl methyl sites for hydroxylation is 1. The molecule has 0 unspecified atom stereocenters. The van der Waals surface area contributed by atoms with Crippen molar-refractivity contribution < 1.29 is 9.53 Å². The molecule has 1 rings (SSSR count). The Morgan fingerprint density at radius 3 is 3.00 bits per heavy atom. The van der Waals surface area contributed by atoms with Crippen LogP contribution in [-0.4, -0.2) is 23.0 Å². The fourth-order valence-corrected chi connectivity index (χ4v) is 1.06. The molecular formula is C10H15N3O2. The van der Waals surface area contributed by atoms with Gasteiger partial charge >= 0.3 is 0 Å². The Labute approximate surface area is 88.9 Å². The number of aromatic nitrogens is 2. The highest BCUT2D eigenvalue weighted by atomic mass is 16.5. The van der Waals surface area contributed by atoms with Crippen LogP contribution in [0, 0.1) is 6.92 Å². The molecule has 1 aromatic heterocycles. The quantitative estimate of drug-likeness (QED) is 0.570. The maximum atomic E-state index is 10.2. The molecule has 82 valence electrons. The van der Waals surface area contributed by atoms with Crippen molar-refractivity contribution in [3.63, 3.8) is 0 Å². The van der Waals surface area contributed by atoms with Crippen molar-refractivity contribution in [2.75, 3.05) is 11.9 Å². The lowest BCUT2D eigenvalue weighted by Crippen LogP contribution is -2.04. The third kappa shape index (κ3) is 3.53. The highest BCUT2D eigenvalue weighted by Crippen LogP contribution is 2.13. The summed E-state index contributed by atoms with van der Waals surface area (Å²) < 4.78 is 5.42. The molecule has 5 heteroatoms. The lowest BCUT2D eigenvalue weighted by atomic mass is 10.4. The number of hydrogen-bond donors (Lipinski definition) is 1. The molecule has 0 bridgehead atoms. The first-order valence-corrected chi connectivity index (χ1v) is 4.94. The number of unbranched alkanes of at least 4 members (excludes halogenated alkanes) is 1. The van der Waals surface area contributed by atoms with Gasteiger partial charge in [-0.2, -0.15) is 0 Å². The zero-order chi connectivity index (χ0) is 11.1. The van der Waals surface area contributed by atoms with Gasteiger partial charge < -0.3 is 10.1 Å². The number of nitrogens with one attached hydrogen (secondary N) is 1. The van der Waals surface area contributed by atoms with Gasteiger partial charge in [-0.3, -0.25) is 4.79 Å². The summed E-state index contributed by atoms with van der Waals surface area (Å²) in [5.74, 6) is 0.963. The van der Waals surface area contributed by atoms with Gasteiger partial charge in [-0.1, -0.05) is 13.3 Å². The van der Waals surface area contributed by atoms with E-state index in [9.17, 15) is 4.79 Å². The van der Waals surface area contributed by atoms with Crippen LogP contribution in [0.5, 0.6) is 5.88 Å². The summed E-state index contributed by atoms with van der Waals surface area (Å²) in [6.07, 6.45) is 4.12. The minimum absolute atomic E-state index is 0.436. The minimum atomic E-state index is 0.436. The Kier molecular flexibility index (Phi) is 4.53. The highest BCUT2D eigenvalue weighted by Gasteiger charge is 2.03. The van der Waals surface area contributed by atoms with E-state index in [1.165, 1.54) is 6.20 Å². The second-order valence-corrected chi connectivity index (χ2v) is 3.11. The summed E-state index contributed by atoms with van der Waals surface area (Å²) in [7, 11) is 0. The Morgan fingerprint density at radius 2 is 2.40 bits per heavy atom. The molecule has 5 nitrogen and oxygen atoms in total. The van der Waals surface area contributed by atoms with E-state index in [-0.39, 0.29) is 0 Å². The summed E-state index contributed by atoms with van der Waals surface area (Å²) in [5.41, 5.74) is 0.679. The van der Waals surface area contributed by atoms with Crippen molar-refractivity contribution >= 4 is 12.2 Å². The van der Waals surface area contributed by atoms with Crippen LogP contribution in [0.4, 0.5) is 5.82 Å². The summed E-state index contributed by atoms with van der Waals surface area (Å²) in [6, 6.07) is 0. The van der Waals surface area contributed by atoms with Crippen LogP contribution in [-0.2, 0) is 4.79 Å². The van der Waals surface area contributed by atoms with Crippen molar-refractivity contribution in [1.29, 1.82) is 0 Å². The van der Waals surface area contributed by atoms with Crippen LogP contribution < -0.4 is 10.1 Å². The first kappa shape index (κ1) is 11.4. The largest absolute Gasteiger partial charge is 0.476 e. The van der Waals surface area contributed by atoms with Crippen molar-refractivity contribution in [2.24, 2.45) is 0 Å². The molecule has 0 radical (unpaired) electrons. The van der Waals surface area contributed by atoms with Gasteiger partial charge in [-0.25, -0.2) is 9.97 Å². The number of hydrogen-bond acceptors (Lipinski definition) is 4. The van der Waals surface area contributed by atoms with Crippen molar-refractivity contribution in [3.8, 4) is 5.88 Å². The Balaban J connectivity index is 2.61. The smallest absolute Gasteiger partial charge is 0.235 e. The van der Waals surface area contributed by atoms with Gasteiger partial charge in [0.25, 0.3) is 0 Å². The van der Waals surface area contributed by atoms with Crippen LogP contribution in [0.25, 0.3) is 0 Å². The molecule has 0 fully saturated rings. The molecule has 0 aliphatic rings. The van der Waals surface area contributed by atoms with Crippen molar-refractivity contribution in [1.82, 2.24) is 9.97 Å². The second-order valence-electron chi connectivity index (χ2n) is 3.11. The van der Waals surface area contributed by atoms with E-state index in [4.69, 9.17) is 4.74 Å².